The molecular formula is C34H32Br2N10OS. The molecule has 1 saturated carbocycles. The van der Waals surface area contributed by atoms with Crippen molar-refractivity contribution < 1.29 is 4.73 Å². The first-order valence-electron chi connectivity index (χ1n) is 15.7. The first-order chi connectivity index (χ1) is 23.5. The van der Waals surface area contributed by atoms with E-state index in [2.05, 4.69) is 74.8 Å². The van der Waals surface area contributed by atoms with Gasteiger partial charge in [-0.1, -0.05) is 31.4 Å². The van der Waals surface area contributed by atoms with Crippen LogP contribution in [0.4, 0.5) is 11.6 Å². The molecule has 244 valence electrons. The minimum atomic E-state index is 0.517. The van der Waals surface area contributed by atoms with Crippen LogP contribution in [-0.4, -0.2) is 34.2 Å². The number of hydrogen-bond acceptors (Lipinski definition) is 9. The lowest BCUT2D eigenvalue weighted by molar-refractivity contribution is -0.605. The van der Waals surface area contributed by atoms with E-state index >= 15 is 0 Å². The lowest BCUT2D eigenvalue weighted by Gasteiger charge is -2.22. The first kappa shape index (κ1) is 32.2. The van der Waals surface area contributed by atoms with Crippen molar-refractivity contribution in [2.24, 2.45) is 0 Å². The fraction of sp³-hybridized carbons (Fsp3) is 0.235. The summed E-state index contributed by atoms with van der Waals surface area (Å²) in [5.74, 6) is 2.36. The number of halogens is 2. The van der Waals surface area contributed by atoms with Crippen molar-refractivity contribution in [1.82, 2.24) is 34.2 Å². The van der Waals surface area contributed by atoms with Gasteiger partial charge in [0.25, 0.3) is 0 Å². The summed E-state index contributed by atoms with van der Waals surface area (Å²) >= 11 is 8.70. The van der Waals surface area contributed by atoms with Crippen molar-refractivity contribution in [3.05, 3.63) is 122 Å². The topological polar surface area (TPSA) is 124 Å². The van der Waals surface area contributed by atoms with Gasteiger partial charge in [-0.25, -0.2) is 9.97 Å². The van der Waals surface area contributed by atoms with Crippen molar-refractivity contribution in [2.75, 3.05) is 10.6 Å². The number of anilines is 2. The maximum atomic E-state index is 11.4. The van der Waals surface area contributed by atoms with E-state index in [0.717, 1.165) is 58.3 Å². The summed E-state index contributed by atoms with van der Waals surface area (Å²) in [6.07, 6.45) is 16.6. The fourth-order valence-electron chi connectivity index (χ4n) is 5.79. The number of pyridine rings is 2. The number of thiophene rings is 1. The van der Waals surface area contributed by atoms with Crippen LogP contribution in [0.25, 0.3) is 21.9 Å². The quantitative estimate of drug-likeness (QED) is 0.117. The molecule has 0 aliphatic heterocycles. The molecule has 2 N–H and O–H groups in total. The molecule has 0 bridgehead atoms. The SMILES string of the molecule is Brc1cnn2c(NCc3cccnc3)cc(C3CCCCC3)nc12.[O-][n+]1cccc(CNc2cc(-c3cccs3)nc3c(Br)cnn23)c1. The smallest absolute Gasteiger partial charge is 0.185 e. The Morgan fingerprint density at radius 1 is 0.833 bits per heavy atom. The van der Waals surface area contributed by atoms with Crippen LogP contribution in [0.5, 0.6) is 0 Å². The average Bonchev–Trinajstić information content (AvgIpc) is 3.89. The van der Waals surface area contributed by atoms with Crippen LogP contribution < -0.4 is 15.4 Å². The third kappa shape index (κ3) is 7.35. The molecule has 7 aromatic heterocycles. The molecule has 48 heavy (non-hydrogen) atoms. The maximum Gasteiger partial charge on any atom is 0.185 e. The minimum Gasteiger partial charge on any atom is -0.619 e. The van der Waals surface area contributed by atoms with Gasteiger partial charge < -0.3 is 15.8 Å². The van der Waals surface area contributed by atoms with Crippen LogP contribution in [0.2, 0.25) is 0 Å². The van der Waals surface area contributed by atoms with Gasteiger partial charge in [0.2, 0.25) is 0 Å². The summed E-state index contributed by atoms with van der Waals surface area (Å²) in [5.41, 5.74) is 5.72. The maximum absolute atomic E-state index is 11.4. The number of nitrogens with one attached hydrogen (secondary N) is 2. The molecule has 0 spiro atoms. The van der Waals surface area contributed by atoms with Gasteiger partial charge in [0.15, 0.2) is 23.7 Å². The molecule has 0 radical (unpaired) electrons. The molecule has 14 heteroatoms. The Morgan fingerprint density at radius 3 is 2.23 bits per heavy atom. The molecule has 1 aliphatic rings. The highest BCUT2D eigenvalue weighted by molar-refractivity contribution is 9.11. The van der Waals surface area contributed by atoms with E-state index in [9.17, 15) is 5.21 Å². The van der Waals surface area contributed by atoms with E-state index < -0.39 is 0 Å². The van der Waals surface area contributed by atoms with E-state index in [4.69, 9.17) is 4.98 Å². The molecule has 0 amide bonds. The number of hydrogen-bond donors (Lipinski definition) is 2. The van der Waals surface area contributed by atoms with Gasteiger partial charge in [-0.2, -0.15) is 24.0 Å². The minimum absolute atomic E-state index is 0.517. The van der Waals surface area contributed by atoms with Crippen LogP contribution in [0.1, 0.15) is 54.8 Å². The third-order valence-electron chi connectivity index (χ3n) is 8.18. The Kier molecular flexibility index (Phi) is 9.91. The summed E-state index contributed by atoms with van der Waals surface area (Å²) in [6, 6.07) is 15.8. The van der Waals surface area contributed by atoms with Crippen molar-refractivity contribution in [3.8, 4) is 10.6 Å². The summed E-state index contributed by atoms with van der Waals surface area (Å²) in [5, 5.41) is 29.0. The molecule has 0 atom stereocenters. The zero-order valence-corrected chi connectivity index (χ0v) is 29.8. The molecule has 7 aromatic rings. The lowest BCUT2D eigenvalue weighted by Crippen LogP contribution is -2.25. The summed E-state index contributed by atoms with van der Waals surface area (Å²) in [4.78, 5) is 14.8. The monoisotopic (exact) mass is 786 g/mol. The highest BCUT2D eigenvalue weighted by atomic mass is 79.9. The zero-order chi connectivity index (χ0) is 32.9. The predicted molar refractivity (Wildman–Crippen MR) is 195 cm³/mol. The number of aromatic nitrogens is 8. The zero-order valence-electron chi connectivity index (χ0n) is 25.8. The van der Waals surface area contributed by atoms with Gasteiger partial charge in [0, 0.05) is 60.9 Å². The van der Waals surface area contributed by atoms with Crippen LogP contribution in [0.3, 0.4) is 0 Å². The van der Waals surface area contributed by atoms with E-state index in [1.54, 1.807) is 40.5 Å². The van der Waals surface area contributed by atoms with Gasteiger partial charge in [-0.3, -0.25) is 4.98 Å². The van der Waals surface area contributed by atoms with Crippen LogP contribution in [0, 0.1) is 5.21 Å². The molecule has 11 nitrogen and oxygen atoms in total. The largest absolute Gasteiger partial charge is 0.619 e. The normalized spacial score (nSPS) is 13.4. The average molecular weight is 789 g/mol. The lowest BCUT2D eigenvalue weighted by atomic mass is 9.87. The fourth-order valence-corrected chi connectivity index (χ4v) is 7.18. The Labute approximate surface area is 298 Å². The summed E-state index contributed by atoms with van der Waals surface area (Å²) < 4.78 is 6.17. The number of nitrogens with zero attached hydrogens (tertiary/aromatic N) is 8. The molecule has 0 aromatic carbocycles. The van der Waals surface area contributed by atoms with E-state index in [1.165, 1.54) is 44.0 Å². The van der Waals surface area contributed by atoms with E-state index in [1.807, 2.05) is 52.6 Å². The second-order valence-electron chi connectivity index (χ2n) is 11.5. The second kappa shape index (κ2) is 14.8. The van der Waals surface area contributed by atoms with Crippen molar-refractivity contribution in [1.29, 1.82) is 0 Å². The molecule has 8 rings (SSSR count). The third-order valence-corrected chi connectivity index (χ3v) is 10.2. The Hall–Kier alpha value is -4.40. The molecule has 1 fully saturated rings. The standard InChI is InChI=1S/C18H20BrN5.C16H12BrN5OS/c19-15-12-22-24-17(21-11-13-5-4-8-20-10-13)9-16(23-18(15)24)14-6-2-1-3-7-14;17-12-9-19-22-15(18-8-11-3-1-5-21(23)10-11)7-13(20-16(12)22)14-4-2-6-24-14/h4-5,8-10,12,14,21H,1-3,6-7,11H2;1-7,9-10,18H,8H2. The van der Waals surface area contributed by atoms with Crippen molar-refractivity contribution in [2.45, 2.75) is 51.1 Å². The highest BCUT2D eigenvalue weighted by Crippen LogP contribution is 2.34. The second-order valence-corrected chi connectivity index (χ2v) is 14.2. The van der Waals surface area contributed by atoms with E-state index in [0.29, 0.717) is 19.0 Å². The van der Waals surface area contributed by atoms with Crippen molar-refractivity contribution >= 4 is 66.1 Å². The summed E-state index contributed by atoms with van der Waals surface area (Å²) in [7, 11) is 0. The molecular weight excluding hydrogens is 756 g/mol. The van der Waals surface area contributed by atoms with Crippen LogP contribution >= 0.6 is 43.2 Å². The molecule has 1 aliphatic carbocycles. The van der Waals surface area contributed by atoms with Crippen molar-refractivity contribution in [3.63, 3.8) is 0 Å². The molecule has 0 saturated heterocycles. The number of rotatable bonds is 8. The van der Waals surface area contributed by atoms with Gasteiger partial charge in [0.05, 0.1) is 31.9 Å². The summed E-state index contributed by atoms with van der Waals surface area (Å²) in [6.45, 7) is 1.23. The van der Waals surface area contributed by atoms with Gasteiger partial charge in [0.1, 0.15) is 11.6 Å². The predicted octanol–water partition coefficient (Wildman–Crippen LogP) is 8.01. The van der Waals surface area contributed by atoms with Gasteiger partial charge in [-0.15, -0.1) is 11.3 Å². The first-order valence-corrected chi connectivity index (χ1v) is 18.1. The van der Waals surface area contributed by atoms with Crippen LogP contribution in [-0.2, 0) is 13.1 Å². The highest BCUT2D eigenvalue weighted by Gasteiger charge is 2.20. The molecule has 7 heterocycles. The molecule has 0 unspecified atom stereocenters. The van der Waals surface area contributed by atoms with Gasteiger partial charge >= 0.3 is 0 Å². The Morgan fingerprint density at radius 2 is 1.54 bits per heavy atom. The Balaban J connectivity index is 0.000000152. The van der Waals surface area contributed by atoms with Gasteiger partial charge in [-0.05, 0) is 73.8 Å². The van der Waals surface area contributed by atoms with E-state index in [-0.39, 0.29) is 0 Å². The Bertz CT molecular complexity index is 2130. The number of fused-ring (bicyclic) bond motifs is 2. The van der Waals surface area contributed by atoms with Crippen LogP contribution in [0.15, 0.2) is 100 Å².